The lowest BCUT2D eigenvalue weighted by molar-refractivity contribution is -0.179. The Morgan fingerprint density at radius 2 is 1.61 bits per heavy atom. The number of amides is 1. The molecule has 1 atom stereocenters. The molecule has 0 fully saturated rings. The van der Waals surface area contributed by atoms with Crippen LogP contribution in [0.3, 0.4) is 0 Å². The zero-order chi connectivity index (χ0) is 14.8. The summed E-state index contributed by atoms with van der Waals surface area (Å²) in [4.78, 5) is 21.7. The number of carbonyl (C=O) groups excluding carboxylic acids is 1. The number of nitrogens with one attached hydrogen (secondary N) is 1. The Kier molecular flexibility index (Phi) is 4.76. The van der Waals surface area contributed by atoms with Crippen molar-refractivity contribution in [1.29, 1.82) is 0 Å². The van der Waals surface area contributed by atoms with E-state index in [1.54, 1.807) is 20.8 Å². The van der Waals surface area contributed by atoms with Gasteiger partial charge in [-0.05, 0) is 27.7 Å². The molecule has 0 saturated heterocycles. The van der Waals surface area contributed by atoms with Crippen molar-refractivity contribution < 1.29 is 32.6 Å². The van der Waals surface area contributed by atoms with Crippen LogP contribution >= 0.6 is 0 Å². The SMILES string of the molecule is CC(C)(C)OC[C@](C)(NC(=O)C(F)(F)F)C(=O)O. The van der Waals surface area contributed by atoms with Gasteiger partial charge in [-0.15, -0.1) is 0 Å². The molecule has 0 aromatic carbocycles. The summed E-state index contributed by atoms with van der Waals surface area (Å²) >= 11 is 0. The van der Waals surface area contributed by atoms with Gasteiger partial charge in [0.05, 0.1) is 12.2 Å². The van der Waals surface area contributed by atoms with Crippen molar-refractivity contribution in [3.8, 4) is 0 Å². The van der Waals surface area contributed by atoms with Crippen LogP contribution in [0, 0.1) is 0 Å². The Labute approximate surface area is 102 Å². The van der Waals surface area contributed by atoms with Crippen molar-refractivity contribution >= 4 is 11.9 Å². The first-order chi connectivity index (χ1) is 7.78. The van der Waals surface area contributed by atoms with E-state index < -0.39 is 35.8 Å². The first-order valence-electron chi connectivity index (χ1n) is 5.05. The van der Waals surface area contributed by atoms with E-state index in [4.69, 9.17) is 9.84 Å². The van der Waals surface area contributed by atoms with Gasteiger partial charge in [0.25, 0.3) is 0 Å². The number of aliphatic carboxylic acids is 1. The van der Waals surface area contributed by atoms with Crippen LogP contribution in [0.5, 0.6) is 0 Å². The van der Waals surface area contributed by atoms with E-state index in [9.17, 15) is 22.8 Å². The van der Waals surface area contributed by atoms with Crippen LogP contribution in [0.2, 0.25) is 0 Å². The fourth-order valence-corrected chi connectivity index (χ4v) is 0.834. The first kappa shape index (κ1) is 16.7. The highest BCUT2D eigenvalue weighted by Crippen LogP contribution is 2.18. The van der Waals surface area contributed by atoms with Crippen LogP contribution in [0.15, 0.2) is 0 Å². The second-order valence-corrected chi connectivity index (χ2v) is 4.99. The zero-order valence-electron chi connectivity index (χ0n) is 10.5. The second kappa shape index (κ2) is 5.13. The number of halogens is 3. The minimum Gasteiger partial charge on any atom is -0.479 e. The molecule has 0 unspecified atom stereocenters. The van der Waals surface area contributed by atoms with E-state index >= 15 is 0 Å². The van der Waals surface area contributed by atoms with Gasteiger partial charge in [0.2, 0.25) is 0 Å². The lowest BCUT2D eigenvalue weighted by Gasteiger charge is -2.30. The molecule has 0 aromatic rings. The van der Waals surface area contributed by atoms with Gasteiger partial charge in [0.15, 0.2) is 5.54 Å². The topological polar surface area (TPSA) is 75.6 Å². The van der Waals surface area contributed by atoms with E-state index in [2.05, 4.69) is 0 Å². The number of rotatable bonds is 4. The van der Waals surface area contributed by atoms with Gasteiger partial charge in [-0.25, -0.2) is 4.79 Å². The van der Waals surface area contributed by atoms with Crippen LogP contribution in [0.4, 0.5) is 13.2 Å². The maximum absolute atomic E-state index is 12.1. The largest absolute Gasteiger partial charge is 0.479 e. The van der Waals surface area contributed by atoms with E-state index in [-0.39, 0.29) is 0 Å². The molecule has 106 valence electrons. The number of carboxylic acid groups (broad SMARTS) is 1. The average molecular weight is 271 g/mol. The summed E-state index contributed by atoms with van der Waals surface area (Å²) in [6, 6.07) is 0. The second-order valence-electron chi connectivity index (χ2n) is 4.99. The number of carbonyl (C=O) groups is 2. The molecular weight excluding hydrogens is 255 g/mol. The summed E-state index contributed by atoms with van der Waals surface area (Å²) < 4.78 is 41.3. The molecule has 0 aromatic heterocycles. The minimum atomic E-state index is -5.14. The van der Waals surface area contributed by atoms with E-state index in [0.29, 0.717) is 0 Å². The van der Waals surface area contributed by atoms with Crippen LogP contribution in [0.1, 0.15) is 27.7 Å². The Morgan fingerprint density at radius 1 is 1.17 bits per heavy atom. The van der Waals surface area contributed by atoms with Gasteiger partial charge in [0, 0.05) is 0 Å². The van der Waals surface area contributed by atoms with Gasteiger partial charge in [-0.3, -0.25) is 4.79 Å². The van der Waals surface area contributed by atoms with Gasteiger partial charge in [0.1, 0.15) is 0 Å². The van der Waals surface area contributed by atoms with E-state index in [1.807, 2.05) is 0 Å². The summed E-state index contributed by atoms with van der Waals surface area (Å²) in [5.41, 5.74) is -2.88. The molecule has 0 aliphatic carbocycles. The fourth-order valence-electron chi connectivity index (χ4n) is 0.834. The summed E-state index contributed by atoms with van der Waals surface area (Å²) in [6.45, 7) is 5.21. The van der Waals surface area contributed by atoms with Gasteiger partial charge >= 0.3 is 18.1 Å². The molecule has 2 N–H and O–H groups in total. The lowest BCUT2D eigenvalue weighted by Crippen LogP contribution is -2.59. The molecule has 0 rings (SSSR count). The fraction of sp³-hybridized carbons (Fsp3) is 0.800. The number of hydrogen-bond donors (Lipinski definition) is 2. The highest BCUT2D eigenvalue weighted by molar-refractivity contribution is 5.89. The Morgan fingerprint density at radius 3 is 1.89 bits per heavy atom. The van der Waals surface area contributed by atoms with Crippen molar-refractivity contribution in [2.75, 3.05) is 6.61 Å². The summed E-state index contributed by atoms with van der Waals surface area (Å²) in [5.74, 6) is -3.92. The molecule has 0 spiro atoms. The zero-order valence-corrected chi connectivity index (χ0v) is 10.5. The van der Waals surface area contributed by atoms with Crippen LogP contribution in [-0.2, 0) is 14.3 Å². The highest BCUT2D eigenvalue weighted by Gasteiger charge is 2.46. The molecule has 0 heterocycles. The predicted octanol–water partition coefficient (Wildman–Crippen LogP) is 1.32. The van der Waals surface area contributed by atoms with Gasteiger partial charge in [-0.1, -0.05) is 0 Å². The molecule has 0 aliphatic rings. The number of carboxylic acids is 1. The highest BCUT2D eigenvalue weighted by atomic mass is 19.4. The number of alkyl halides is 3. The predicted molar refractivity (Wildman–Crippen MR) is 55.9 cm³/mol. The smallest absolute Gasteiger partial charge is 0.471 e. The van der Waals surface area contributed by atoms with Crippen molar-refractivity contribution in [3.05, 3.63) is 0 Å². The van der Waals surface area contributed by atoms with Crippen molar-refractivity contribution in [2.24, 2.45) is 0 Å². The summed E-state index contributed by atoms with van der Waals surface area (Å²) in [7, 11) is 0. The van der Waals surface area contributed by atoms with Crippen molar-refractivity contribution in [2.45, 2.75) is 45.0 Å². The molecular formula is C10H16F3NO4. The molecule has 8 heteroatoms. The Balaban J connectivity index is 4.85. The van der Waals surface area contributed by atoms with Gasteiger partial charge in [-0.2, -0.15) is 13.2 Å². The average Bonchev–Trinajstić information content (AvgIpc) is 2.11. The summed E-state index contributed by atoms with van der Waals surface area (Å²) in [6.07, 6.45) is -5.14. The molecule has 1 amide bonds. The van der Waals surface area contributed by atoms with E-state index in [1.165, 1.54) is 5.32 Å². The molecule has 0 bridgehead atoms. The van der Waals surface area contributed by atoms with E-state index in [0.717, 1.165) is 6.92 Å². The third-order valence-corrected chi connectivity index (χ3v) is 1.91. The third kappa shape index (κ3) is 5.35. The lowest BCUT2D eigenvalue weighted by atomic mass is 10.0. The van der Waals surface area contributed by atoms with Crippen LogP contribution in [0.25, 0.3) is 0 Å². The molecule has 0 radical (unpaired) electrons. The maximum atomic E-state index is 12.1. The third-order valence-electron chi connectivity index (χ3n) is 1.91. The summed E-state index contributed by atoms with van der Waals surface area (Å²) in [5, 5.41) is 10.3. The number of ether oxygens (including phenoxy) is 1. The quantitative estimate of drug-likeness (QED) is 0.808. The van der Waals surface area contributed by atoms with Crippen LogP contribution in [-0.4, -0.2) is 40.9 Å². The molecule has 5 nitrogen and oxygen atoms in total. The van der Waals surface area contributed by atoms with Crippen molar-refractivity contribution in [1.82, 2.24) is 5.32 Å². The monoisotopic (exact) mass is 271 g/mol. The molecule has 0 saturated carbocycles. The minimum absolute atomic E-state index is 0.576. The Bertz CT molecular complexity index is 335. The maximum Gasteiger partial charge on any atom is 0.471 e. The molecule has 18 heavy (non-hydrogen) atoms. The number of hydrogen-bond acceptors (Lipinski definition) is 3. The molecule has 0 aliphatic heterocycles. The Hall–Kier alpha value is -1.31. The normalized spacial score (nSPS) is 15.9. The van der Waals surface area contributed by atoms with Crippen LogP contribution < -0.4 is 5.32 Å². The van der Waals surface area contributed by atoms with Gasteiger partial charge < -0.3 is 15.2 Å². The standard InChI is InChI=1S/C10H16F3NO4/c1-8(2,3)18-5-9(4,7(16)17)14-6(15)10(11,12)13/h5H2,1-4H3,(H,14,15)(H,16,17)/t9-/m0/s1. The first-order valence-corrected chi connectivity index (χ1v) is 5.05. The van der Waals surface area contributed by atoms with Crippen molar-refractivity contribution in [3.63, 3.8) is 0 Å².